The van der Waals surface area contributed by atoms with Gasteiger partial charge in [-0.05, 0) is 84.1 Å². The molecule has 4 amide bonds. The van der Waals surface area contributed by atoms with E-state index in [1.807, 2.05) is 42.5 Å². The molecule has 4 aromatic carbocycles. The average molecular weight is 653 g/mol. The Balaban J connectivity index is 1.28. The van der Waals surface area contributed by atoms with Crippen molar-refractivity contribution in [1.29, 1.82) is 0 Å². The van der Waals surface area contributed by atoms with Crippen LogP contribution in [0, 0.1) is 5.82 Å². The Labute approximate surface area is 239 Å². The van der Waals surface area contributed by atoms with E-state index in [-0.39, 0.29) is 11.4 Å². The van der Waals surface area contributed by atoms with Crippen molar-refractivity contribution >= 4 is 72.2 Å². The number of rotatable bonds is 7. The van der Waals surface area contributed by atoms with Crippen LogP contribution in [0.2, 0.25) is 0 Å². The molecule has 39 heavy (non-hydrogen) atoms. The SMILES string of the molecule is O=C(CN1C(=O)N/C(=C/c2cc(Br)c(OCc3cccc4ccccc34)c(Br)c2)C1=O)Nc1ccccc1F. The van der Waals surface area contributed by atoms with Crippen LogP contribution in [0.4, 0.5) is 14.9 Å². The third-order valence-corrected chi connectivity index (χ3v) is 7.17. The molecule has 1 fully saturated rings. The number of fused-ring (bicyclic) bond motifs is 1. The molecule has 10 heteroatoms. The van der Waals surface area contributed by atoms with Gasteiger partial charge >= 0.3 is 6.03 Å². The molecular formula is C29H20Br2FN3O4. The van der Waals surface area contributed by atoms with E-state index in [4.69, 9.17) is 4.74 Å². The largest absolute Gasteiger partial charge is 0.487 e. The summed E-state index contributed by atoms with van der Waals surface area (Å²) in [5.41, 5.74) is 1.61. The number of hydrogen-bond donors (Lipinski definition) is 2. The molecule has 0 atom stereocenters. The fraction of sp³-hybridized carbons (Fsp3) is 0.0690. The van der Waals surface area contributed by atoms with Crippen molar-refractivity contribution < 1.29 is 23.5 Å². The number of halogens is 3. The van der Waals surface area contributed by atoms with Crippen LogP contribution in [-0.4, -0.2) is 29.3 Å². The van der Waals surface area contributed by atoms with Crippen LogP contribution in [0.5, 0.6) is 5.75 Å². The molecule has 0 spiro atoms. The van der Waals surface area contributed by atoms with E-state index in [0.29, 0.717) is 26.9 Å². The van der Waals surface area contributed by atoms with Crippen molar-refractivity contribution in [2.45, 2.75) is 6.61 Å². The number of ether oxygens (including phenoxy) is 1. The maximum atomic E-state index is 13.8. The van der Waals surface area contributed by atoms with Gasteiger partial charge < -0.3 is 15.4 Å². The number of para-hydroxylation sites is 1. The van der Waals surface area contributed by atoms with Crippen molar-refractivity contribution in [3.8, 4) is 5.75 Å². The summed E-state index contributed by atoms with van der Waals surface area (Å²) in [6.45, 7) is -0.220. The van der Waals surface area contributed by atoms with E-state index < -0.39 is 30.2 Å². The fourth-order valence-corrected chi connectivity index (χ4v) is 5.60. The summed E-state index contributed by atoms with van der Waals surface area (Å²) >= 11 is 7.06. The molecule has 4 aromatic rings. The molecular weight excluding hydrogens is 633 g/mol. The molecule has 1 aliphatic rings. The quantitative estimate of drug-likeness (QED) is 0.174. The number of nitrogens with one attached hydrogen (secondary N) is 2. The summed E-state index contributed by atoms with van der Waals surface area (Å²) < 4.78 is 21.2. The smallest absolute Gasteiger partial charge is 0.329 e. The van der Waals surface area contributed by atoms with Gasteiger partial charge in [0.05, 0.1) is 14.6 Å². The van der Waals surface area contributed by atoms with Gasteiger partial charge in [-0.3, -0.25) is 9.59 Å². The zero-order chi connectivity index (χ0) is 27.5. The van der Waals surface area contributed by atoms with E-state index in [0.717, 1.165) is 21.2 Å². The number of carbonyl (C=O) groups is 3. The van der Waals surface area contributed by atoms with Crippen LogP contribution in [0.3, 0.4) is 0 Å². The molecule has 1 aliphatic heterocycles. The molecule has 5 rings (SSSR count). The third-order valence-electron chi connectivity index (χ3n) is 6.00. The second-order valence-electron chi connectivity index (χ2n) is 8.65. The lowest BCUT2D eigenvalue weighted by molar-refractivity contribution is -0.127. The van der Waals surface area contributed by atoms with Crippen molar-refractivity contribution in [3.63, 3.8) is 0 Å². The first-order chi connectivity index (χ1) is 18.8. The summed E-state index contributed by atoms with van der Waals surface area (Å²) in [7, 11) is 0. The minimum Gasteiger partial charge on any atom is -0.487 e. The summed E-state index contributed by atoms with van der Waals surface area (Å²) in [6.07, 6.45) is 1.50. The van der Waals surface area contributed by atoms with E-state index in [9.17, 15) is 18.8 Å². The highest BCUT2D eigenvalue weighted by Crippen LogP contribution is 2.36. The molecule has 0 aromatic heterocycles. The lowest BCUT2D eigenvalue weighted by atomic mass is 10.1. The third kappa shape index (κ3) is 5.86. The molecule has 0 saturated carbocycles. The van der Waals surface area contributed by atoms with E-state index in [2.05, 4.69) is 42.5 Å². The summed E-state index contributed by atoms with van der Waals surface area (Å²) in [5.74, 6) is -1.42. The second kappa shape index (κ2) is 11.4. The first-order valence-electron chi connectivity index (χ1n) is 11.8. The van der Waals surface area contributed by atoms with Crippen LogP contribution in [0.25, 0.3) is 16.8 Å². The lowest BCUT2D eigenvalue weighted by Gasteiger charge is -2.13. The zero-order valence-electron chi connectivity index (χ0n) is 20.2. The van der Waals surface area contributed by atoms with Gasteiger partial charge in [0, 0.05) is 0 Å². The normalized spacial score (nSPS) is 14.1. The van der Waals surface area contributed by atoms with Crippen molar-refractivity contribution in [2.24, 2.45) is 0 Å². The van der Waals surface area contributed by atoms with Gasteiger partial charge in [0.25, 0.3) is 5.91 Å². The molecule has 196 valence electrons. The molecule has 0 unspecified atom stereocenters. The highest BCUT2D eigenvalue weighted by Gasteiger charge is 2.35. The minimum atomic E-state index is -0.747. The second-order valence-corrected chi connectivity index (χ2v) is 10.4. The lowest BCUT2D eigenvalue weighted by Crippen LogP contribution is -2.38. The van der Waals surface area contributed by atoms with E-state index in [1.54, 1.807) is 18.2 Å². The van der Waals surface area contributed by atoms with Crippen LogP contribution in [0.15, 0.2) is 93.5 Å². The predicted molar refractivity (Wildman–Crippen MR) is 153 cm³/mol. The maximum absolute atomic E-state index is 13.8. The Hall–Kier alpha value is -4.02. The topological polar surface area (TPSA) is 87.7 Å². The highest BCUT2D eigenvalue weighted by atomic mass is 79.9. The fourth-order valence-electron chi connectivity index (χ4n) is 4.15. The number of anilines is 1. The molecule has 2 N–H and O–H groups in total. The Morgan fingerprint density at radius 1 is 0.974 bits per heavy atom. The number of amides is 4. The van der Waals surface area contributed by atoms with Crippen LogP contribution in [0.1, 0.15) is 11.1 Å². The van der Waals surface area contributed by atoms with Gasteiger partial charge in [-0.25, -0.2) is 14.1 Å². The highest BCUT2D eigenvalue weighted by molar-refractivity contribution is 9.11. The number of nitrogens with zero attached hydrogens (tertiary/aromatic N) is 1. The predicted octanol–water partition coefficient (Wildman–Crippen LogP) is 6.61. The number of imide groups is 1. The summed E-state index contributed by atoms with van der Waals surface area (Å²) in [6, 6.07) is 22.5. The number of benzene rings is 4. The number of hydrogen-bond acceptors (Lipinski definition) is 4. The standard InChI is InChI=1S/C29H20Br2FN3O4/c30-21-12-17(13-22(31)27(21)39-16-19-8-5-7-18-6-1-2-9-20(18)19)14-25-28(37)35(29(38)34-25)15-26(36)33-24-11-4-3-10-23(24)32/h1-14H,15-16H2,(H,33,36)(H,34,38)/b25-14+. The minimum absolute atomic E-state index is 0.00177. The van der Waals surface area contributed by atoms with Crippen LogP contribution in [-0.2, 0) is 16.2 Å². The van der Waals surface area contributed by atoms with E-state index >= 15 is 0 Å². The Kier molecular flexibility index (Phi) is 7.76. The molecule has 1 saturated heterocycles. The summed E-state index contributed by atoms with van der Waals surface area (Å²) in [5, 5.41) is 7.08. The Morgan fingerprint density at radius 2 is 1.67 bits per heavy atom. The van der Waals surface area contributed by atoms with Crippen LogP contribution >= 0.6 is 31.9 Å². The van der Waals surface area contributed by atoms with Gasteiger partial charge in [0.1, 0.15) is 30.4 Å². The van der Waals surface area contributed by atoms with Gasteiger partial charge in [-0.15, -0.1) is 0 Å². The van der Waals surface area contributed by atoms with E-state index in [1.165, 1.54) is 24.3 Å². The monoisotopic (exact) mass is 651 g/mol. The Morgan fingerprint density at radius 3 is 2.44 bits per heavy atom. The number of urea groups is 1. The number of carbonyl (C=O) groups excluding carboxylic acids is 3. The van der Waals surface area contributed by atoms with Gasteiger partial charge in [-0.1, -0.05) is 54.6 Å². The molecule has 1 heterocycles. The Bertz CT molecular complexity index is 1630. The van der Waals surface area contributed by atoms with Gasteiger partial charge in [-0.2, -0.15) is 0 Å². The van der Waals surface area contributed by atoms with Gasteiger partial charge in [0.2, 0.25) is 5.91 Å². The maximum Gasteiger partial charge on any atom is 0.329 e. The zero-order valence-corrected chi connectivity index (χ0v) is 23.4. The molecule has 0 bridgehead atoms. The van der Waals surface area contributed by atoms with Crippen molar-refractivity contribution in [2.75, 3.05) is 11.9 Å². The van der Waals surface area contributed by atoms with Gasteiger partial charge in [0.15, 0.2) is 0 Å². The average Bonchev–Trinajstić information content (AvgIpc) is 3.16. The molecule has 0 aliphatic carbocycles. The molecule has 7 nitrogen and oxygen atoms in total. The summed E-state index contributed by atoms with van der Waals surface area (Å²) in [4.78, 5) is 38.4. The van der Waals surface area contributed by atoms with Crippen molar-refractivity contribution in [1.82, 2.24) is 10.2 Å². The van der Waals surface area contributed by atoms with Crippen LogP contribution < -0.4 is 15.4 Å². The first-order valence-corrected chi connectivity index (χ1v) is 13.4. The first kappa shape index (κ1) is 26.6. The van der Waals surface area contributed by atoms with Crippen molar-refractivity contribution in [3.05, 3.63) is 110 Å². The molecule has 0 radical (unpaired) electrons.